The zero-order valence-corrected chi connectivity index (χ0v) is 11.6. The molecule has 0 spiro atoms. The number of benzene rings is 1. The summed E-state index contributed by atoms with van der Waals surface area (Å²) in [7, 11) is 0. The van der Waals surface area contributed by atoms with Crippen molar-refractivity contribution >= 4 is 17.8 Å². The van der Waals surface area contributed by atoms with Gasteiger partial charge in [-0.1, -0.05) is 0 Å². The van der Waals surface area contributed by atoms with E-state index in [9.17, 15) is 20.0 Å². The fourth-order valence-corrected chi connectivity index (χ4v) is 2.22. The van der Waals surface area contributed by atoms with Gasteiger partial charge in [-0.2, -0.15) is 0 Å². The van der Waals surface area contributed by atoms with E-state index in [-0.39, 0.29) is 17.3 Å². The summed E-state index contributed by atoms with van der Waals surface area (Å²) in [5.41, 5.74) is 0.235. The number of hydrogen-bond acceptors (Lipinski definition) is 5. The van der Waals surface area contributed by atoms with Crippen LogP contribution in [0.2, 0.25) is 0 Å². The Morgan fingerprint density at radius 3 is 2.95 bits per heavy atom. The van der Waals surface area contributed by atoms with Gasteiger partial charge in [0.15, 0.2) is 0 Å². The van der Waals surface area contributed by atoms with Crippen LogP contribution < -0.4 is 0 Å². The van der Waals surface area contributed by atoms with E-state index in [4.69, 9.17) is 0 Å². The summed E-state index contributed by atoms with van der Waals surface area (Å²) in [5.74, 6) is 0.148. The van der Waals surface area contributed by atoms with Gasteiger partial charge < -0.3 is 10.0 Å². The molecule has 0 unspecified atom stereocenters. The van der Waals surface area contributed by atoms with Crippen molar-refractivity contribution < 1.29 is 14.8 Å². The van der Waals surface area contributed by atoms with Gasteiger partial charge in [-0.25, -0.2) is 0 Å². The van der Waals surface area contributed by atoms with Crippen LogP contribution in [-0.4, -0.2) is 46.7 Å². The maximum Gasteiger partial charge on any atom is 0.270 e. The number of hydrogen-bond donors (Lipinski definition) is 1. The third-order valence-electron chi connectivity index (χ3n) is 3.34. The SMILES string of the molecule is O=C1CCCN1CCCN=Cc1cc([N+](=O)[O-])ccc1O. The molecular formula is C14H17N3O4. The largest absolute Gasteiger partial charge is 0.507 e. The molecule has 1 saturated heterocycles. The van der Waals surface area contributed by atoms with Crippen LogP contribution >= 0.6 is 0 Å². The first kappa shape index (κ1) is 15.0. The van der Waals surface area contributed by atoms with Crippen LogP contribution in [0.5, 0.6) is 5.75 Å². The van der Waals surface area contributed by atoms with E-state index in [1.807, 2.05) is 4.90 Å². The highest BCUT2D eigenvalue weighted by Crippen LogP contribution is 2.21. The van der Waals surface area contributed by atoms with Crippen LogP contribution in [0.1, 0.15) is 24.8 Å². The van der Waals surface area contributed by atoms with Crippen LogP contribution in [-0.2, 0) is 4.79 Å². The number of aliphatic imine (C=N–C) groups is 1. The van der Waals surface area contributed by atoms with E-state index < -0.39 is 4.92 Å². The number of nitro benzene ring substituents is 1. The molecule has 0 aliphatic carbocycles. The highest BCUT2D eigenvalue weighted by Gasteiger charge is 2.18. The molecule has 0 atom stereocenters. The Bertz CT molecular complexity index is 571. The molecular weight excluding hydrogens is 274 g/mol. The van der Waals surface area contributed by atoms with Crippen LogP contribution in [0.25, 0.3) is 0 Å². The van der Waals surface area contributed by atoms with E-state index in [0.717, 1.165) is 19.4 Å². The minimum atomic E-state index is -0.518. The number of likely N-dealkylation sites (tertiary alicyclic amines) is 1. The van der Waals surface area contributed by atoms with Crippen molar-refractivity contribution in [2.45, 2.75) is 19.3 Å². The topological polar surface area (TPSA) is 96.0 Å². The summed E-state index contributed by atoms with van der Waals surface area (Å²) >= 11 is 0. The zero-order chi connectivity index (χ0) is 15.2. The average Bonchev–Trinajstić information content (AvgIpc) is 2.85. The summed E-state index contributed by atoms with van der Waals surface area (Å²) in [5, 5.41) is 20.3. The van der Waals surface area contributed by atoms with Crippen LogP contribution in [0, 0.1) is 10.1 Å². The van der Waals surface area contributed by atoms with Crippen molar-refractivity contribution in [1.29, 1.82) is 0 Å². The molecule has 1 aliphatic rings. The van der Waals surface area contributed by atoms with Crippen molar-refractivity contribution in [3.05, 3.63) is 33.9 Å². The number of aromatic hydroxyl groups is 1. The predicted molar refractivity (Wildman–Crippen MR) is 77.7 cm³/mol. The molecule has 0 aromatic heterocycles. The fourth-order valence-electron chi connectivity index (χ4n) is 2.22. The number of carbonyl (C=O) groups excluding carboxylic acids is 1. The Morgan fingerprint density at radius 1 is 1.48 bits per heavy atom. The van der Waals surface area contributed by atoms with E-state index >= 15 is 0 Å². The number of phenolic OH excluding ortho intramolecular Hbond substituents is 1. The molecule has 2 rings (SSSR count). The summed E-state index contributed by atoms with van der Waals surface area (Å²) in [6.07, 6.45) is 3.71. The first-order chi connectivity index (χ1) is 10.1. The third kappa shape index (κ3) is 4.01. The van der Waals surface area contributed by atoms with Gasteiger partial charge in [-0.15, -0.1) is 0 Å². The summed E-state index contributed by atoms with van der Waals surface area (Å²) in [4.78, 5) is 27.5. The highest BCUT2D eigenvalue weighted by molar-refractivity contribution is 5.84. The maximum atomic E-state index is 11.4. The lowest BCUT2D eigenvalue weighted by Crippen LogP contribution is -2.26. The highest BCUT2D eigenvalue weighted by atomic mass is 16.6. The first-order valence-corrected chi connectivity index (χ1v) is 6.83. The Morgan fingerprint density at radius 2 is 2.29 bits per heavy atom. The Kier molecular flexibility index (Phi) is 4.86. The van der Waals surface area contributed by atoms with E-state index in [2.05, 4.69) is 4.99 Å². The van der Waals surface area contributed by atoms with E-state index in [1.54, 1.807) is 0 Å². The molecule has 1 N–H and O–H groups in total. The Labute approximate surface area is 122 Å². The quantitative estimate of drug-likeness (QED) is 0.373. The van der Waals surface area contributed by atoms with Crippen LogP contribution in [0.3, 0.4) is 0 Å². The fraction of sp³-hybridized carbons (Fsp3) is 0.429. The molecule has 112 valence electrons. The molecule has 21 heavy (non-hydrogen) atoms. The molecule has 0 radical (unpaired) electrons. The predicted octanol–water partition coefficient (Wildman–Crippen LogP) is 1.73. The number of amides is 1. The van der Waals surface area contributed by atoms with Gasteiger partial charge in [0.1, 0.15) is 5.75 Å². The van der Waals surface area contributed by atoms with Gasteiger partial charge in [0.2, 0.25) is 5.91 Å². The third-order valence-corrected chi connectivity index (χ3v) is 3.34. The van der Waals surface area contributed by atoms with Crippen molar-refractivity contribution in [2.24, 2.45) is 4.99 Å². The van der Waals surface area contributed by atoms with Crippen LogP contribution in [0.15, 0.2) is 23.2 Å². The number of phenols is 1. The van der Waals surface area contributed by atoms with E-state index in [0.29, 0.717) is 25.1 Å². The molecule has 1 aromatic carbocycles. The monoisotopic (exact) mass is 291 g/mol. The maximum absolute atomic E-state index is 11.4. The second-order valence-electron chi connectivity index (χ2n) is 4.87. The molecule has 7 heteroatoms. The normalized spacial score (nSPS) is 15.0. The minimum Gasteiger partial charge on any atom is -0.507 e. The summed E-state index contributed by atoms with van der Waals surface area (Å²) in [6.45, 7) is 2.00. The second-order valence-corrected chi connectivity index (χ2v) is 4.87. The van der Waals surface area contributed by atoms with Crippen molar-refractivity contribution in [3.8, 4) is 5.75 Å². The molecule has 7 nitrogen and oxygen atoms in total. The lowest BCUT2D eigenvalue weighted by molar-refractivity contribution is -0.384. The van der Waals surface area contributed by atoms with Gasteiger partial charge >= 0.3 is 0 Å². The smallest absolute Gasteiger partial charge is 0.270 e. The molecule has 0 saturated carbocycles. The molecule has 1 heterocycles. The first-order valence-electron chi connectivity index (χ1n) is 6.83. The lowest BCUT2D eigenvalue weighted by atomic mass is 10.2. The Hall–Kier alpha value is -2.44. The number of nitro groups is 1. The summed E-state index contributed by atoms with van der Waals surface area (Å²) < 4.78 is 0. The summed E-state index contributed by atoms with van der Waals surface area (Å²) in [6, 6.07) is 3.80. The number of nitrogens with zero attached hydrogens (tertiary/aromatic N) is 3. The Balaban J connectivity index is 1.85. The van der Waals surface area contributed by atoms with Gasteiger partial charge in [0, 0.05) is 50.0 Å². The van der Waals surface area contributed by atoms with Crippen LogP contribution in [0.4, 0.5) is 5.69 Å². The standard InChI is InChI=1S/C14H17N3O4/c18-13-5-4-12(17(20)21)9-11(13)10-15-6-2-8-16-7-1-3-14(16)19/h4-5,9-10,18H,1-3,6-8H2. The molecule has 1 aliphatic heterocycles. The van der Waals surface area contributed by atoms with E-state index in [1.165, 1.54) is 24.4 Å². The van der Waals surface area contributed by atoms with Crippen molar-refractivity contribution in [3.63, 3.8) is 0 Å². The average molecular weight is 291 g/mol. The van der Waals surface area contributed by atoms with Gasteiger partial charge in [-0.05, 0) is 18.9 Å². The molecule has 1 aromatic rings. The van der Waals surface area contributed by atoms with Gasteiger partial charge in [-0.3, -0.25) is 19.9 Å². The molecule has 0 bridgehead atoms. The number of carbonyl (C=O) groups is 1. The number of non-ortho nitro benzene ring substituents is 1. The zero-order valence-electron chi connectivity index (χ0n) is 11.6. The van der Waals surface area contributed by atoms with Gasteiger partial charge in [0.25, 0.3) is 5.69 Å². The second kappa shape index (κ2) is 6.83. The minimum absolute atomic E-state index is 0.0425. The molecule has 1 fully saturated rings. The van der Waals surface area contributed by atoms with Crippen molar-refractivity contribution in [1.82, 2.24) is 4.90 Å². The number of rotatable bonds is 6. The van der Waals surface area contributed by atoms with Crippen molar-refractivity contribution in [2.75, 3.05) is 19.6 Å². The van der Waals surface area contributed by atoms with Gasteiger partial charge in [0.05, 0.1) is 4.92 Å². The lowest BCUT2D eigenvalue weighted by Gasteiger charge is -2.13. The molecule has 1 amide bonds.